The van der Waals surface area contributed by atoms with Crippen molar-refractivity contribution in [3.63, 3.8) is 0 Å². The molecule has 0 radical (unpaired) electrons. The van der Waals surface area contributed by atoms with E-state index in [1.165, 1.54) is 6.42 Å². The van der Waals surface area contributed by atoms with E-state index in [2.05, 4.69) is 13.8 Å². The molecular weight excluding hydrogens is 206 g/mol. The van der Waals surface area contributed by atoms with Crippen LogP contribution in [0.15, 0.2) is 18.5 Å². The van der Waals surface area contributed by atoms with Crippen LogP contribution < -0.4 is 0 Å². The Balaban J connectivity index is 2.31. The van der Waals surface area contributed by atoms with Gasteiger partial charge in [-0.3, -0.25) is 4.79 Å². The first-order chi connectivity index (χ1) is 7.13. The number of Topliss-reactive ketones (excluding diaryl/α,β-unsaturated/α-hetero) is 1. The summed E-state index contributed by atoms with van der Waals surface area (Å²) in [5, 5.41) is 0. The molecule has 0 aliphatic carbocycles. The first-order valence-electron chi connectivity index (χ1n) is 5.36. The maximum atomic E-state index is 11.7. The van der Waals surface area contributed by atoms with Crippen LogP contribution >= 0.6 is 11.8 Å². The van der Waals surface area contributed by atoms with E-state index < -0.39 is 0 Å². The van der Waals surface area contributed by atoms with Crippen LogP contribution in [0.3, 0.4) is 0 Å². The summed E-state index contributed by atoms with van der Waals surface area (Å²) < 4.78 is 1.91. The Kier molecular flexibility index (Phi) is 4.95. The number of aryl methyl sites for hydroxylation is 1. The predicted octanol–water partition coefficient (Wildman–Crippen LogP) is 2.99. The summed E-state index contributed by atoms with van der Waals surface area (Å²) in [5.74, 6) is 2.63. The van der Waals surface area contributed by atoms with Crippen LogP contribution in [0.4, 0.5) is 0 Å². The largest absolute Gasteiger partial charge is 0.357 e. The Morgan fingerprint density at radius 2 is 2.33 bits per heavy atom. The van der Waals surface area contributed by atoms with Gasteiger partial charge >= 0.3 is 0 Å². The number of nitrogens with zero attached hydrogens (tertiary/aromatic N) is 1. The minimum Gasteiger partial charge on any atom is -0.357 e. The topological polar surface area (TPSA) is 22.0 Å². The molecular formula is C12H19NOS. The van der Waals surface area contributed by atoms with Crippen molar-refractivity contribution in [3.8, 4) is 0 Å². The van der Waals surface area contributed by atoms with Gasteiger partial charge in [-0.15, -0.1) is 0 Å². The zero-order valence-corrected chi connectivity index (χ0v) is 10.5. The Labute approximate surface area is 96.1 Å². The van der Waals surface area contributed by atoms with Crippen molar-refractivity contribution in [2.75, 3.05) is 11.5 Å². The van der Waals surface area contributed by atoms with Crippen molar-refractivity contribution in [2.24, 2.45) is 13.0 Å². The molecule has 1 heterocycles. The molecule has 15 heavy (non-hydrogen) atoms. The van der Waals surface area contributed by atoms with Crippen LogP contribution in [0.1, 0.15) is 30.6 Å². The number of hydrogen-bond acceptors (Lipinski definition) is 2. The summed E-state index contributed by atoms with van der Waals surface area (Å²) in [6.45, 7) is 4.41. The fourth-order valence-corrected chi connectivity index (χ4v) is 2.33. The first kappa shape index (κ1) is 12.4. The molecule has 84 valence electrons. The second kappa shape index (κ2) is 6.01. The predicted molar refractivity (Wildman–Crippen MR) is 66.5 cm³/mol. The SMILES string of the molecule is CCC(C)CSCC(=O)c1ccn(C)c1. The molecule has 0 amide bonds. The lowest BCUT2D eigenvalue weighted by Gasteiger charge is -2.06. The molecule has 0 N–H and O–H groups in total. The Morgan fingerprint density at radius 3 is 2.87 bits per heavy atom. The zero-order chi connectivity index (χ0) is 11.3. The van der Waals surface area contributed by atoms with Gasteiger partial charge in [0.1, 0.15) is 0 Å². The maximum absolute atomic E-state index is 11.7. The van der Waals surface area contributed by atoms with Gasteiger partial charge in [0, 0.05) is 25.0 Å². The van der Waals surface area contributed by atoms with Crippen LogP contribution in [-0.4, -0.2) is 21.9 Å². The molecule has 1 rings (SSSR count). The summed E-state index contributed by atoms with van der Waals surface area (Å²) in [6.07, 6.45) is 4.98. The highest BCUT2D eigenvalue weighted by Crippen LogP contribution is 2.13. The van der Waals surface area contributed by atoms with E-state index in [0.29, 0.717) is 11.7 Å². The van der Waals surface area contributed by atoms with Crippen molar-refractivity contribution in [1.82, 2.24) is 4.57 Å². The van der Waals surface area contributed by atoms with Gasteiger partial charge in [-0.1, -0.05) is 20.3 Å². The van der Waals surface area contributed by atoms with Crippen molar-refractivity contribution < 1.29 is 4.79 Å². The molecule has 1 aromatic rings. The van der Waals surface area contributed by atoms with Gasteiger partial charge in [0.15, 0.2) is 5.78 Å². The molecule has 0 aromatic carbocycles. The molecule has 0 bridgehead atoms. The quantitative estimate of drug-likeness (QED) is 0.694. The number of ketones is 1. The van der Waals surface area contributed by atoms with Gasteiger partial charge in [0.2, 0.25) is 0 Å². The number of rotatable bonds is 6. The summed E-state index contributed by atoms with van der Waals surface area (Å²) in [7, 11) is 1.93. The van der Waals surface area contributed by atoms with E-state index in [1.54, 1.807) is 11.8 Å². The Morgan fingerprint density at radius 1 is 1.60 bits per heavy atom. The summed E-state index contributed by atoms with van der Waals surface area (Å²) >= 11 is 1.74. The molecule has 0 saturated heterocycles. The second-order valence-electron chi connectivity index (χ2n) is 4.02. The third kappa shape index (κ3) is 4.12. The van der Waals surface area contributed by atoms with Crippen molar-refractivity contribution >= 4 is 17.5 Å². The lowest BCUT2D eigenvalue weighted by atomic mass is 10.2. The molecule has 1 atom stereocenters. The van der Waals surface area contributed by atoms with Crippen LogP contribution in [-0.2, 0) is 7.05 Å². The van der Waals surface area contributed by atoms with E-state index in [0.717, 1.165) is 11.3 Å². The van der Waals surface area contributed by atoms with E-state index in [-0.39, 0.29) is 5.78 Å². The van der Waals surface area contributed by atoms with Gasteiger partial charge in [0.25, 0.3) is 0 Å². The van der Waals surface area contributed by atoms with Gasteiger partial charge in [0.05, 0.1) is 5.75 Å². The average molecular weight is 225 g/mol. The van der Waals surface area contributed by atoms with Crippen LogP contribution in [0.25, 0.3) is 0 Å². The van der Waals surface area contributed by atoms with Gasteiger partial charge in [-0.2, -0.15) is 11.8 Å². The highest BCUT2D eigenvalue weighted by atomic mass is 32.2. The monoisotopic (exact) mass is 225 g/mol. The van der Waals surface area contributed by atoms with Crippen LogP contribution in [0, 0.1) is 5.92 Å². The van der Waals surface area contributed by atoms with Crippen molar-refractivity contribution in [3.05, 3.63) is 24.0 Å². The number of hydrogen-bond donors (Lipinski definition) is 0. The third-order valence-electron chi connectivity index (χ3n) is 2.49. The molecule has 2 nitrogen and oxygen atoms in total. The van der Waals surface area contributed by atoms with Crippen LogP contribution in [0.5, 0.6) is 0 Å². The third-order valence-corrected chi connectivity index (χ3v) is 3.76. The van der Waals surface area contributed by atoms with Gasteiger partial charge in [-0.25, -0.2) is 0 Å². The van der Waals surface area contributed by atoms with E-state index in [4.69, 9.17) is 0 Å². The number of carbonyl (C=O) groups is 1. The molecule has 1 aromatic heterocycles. The van der Waals surface area contributed by atoms with E-state index in [1.807, 2.05) is 30.1 Å². The van der Waals surface area contributed by atoms with Crippen molar-refractivity contribution in [2.45, 2.75) is 20.3 Å². The normalized spacial score (nSPS) is 12.7. The molecule has 3 heteroatoms. The fraction of sp³-hybridized carbons (Fsp3) is 0.583. The molecule has 0 saturated carbocycles. The lowest BCUT2D eigenvalue weighted by Crippen LogP contribution is -2.04. The fourth-order valence-electron chi connectivity index (χ4n) is 1.22. The standard InChI is InChI=1S/C12H19NOS/c1-4-10(2)8-15-9-12(14)11-5-6-13(3)7-11/h5-7,10H,4,8-9H2,1-3H3. The Hall–Kier alpha value is -0.700. The molecule has 0 aliphatic heterocycles. The van der Waals surface area contributed by atoms with E-state index >= 15 is 0 Å². The number of carbonyl (C=O) groups excluding carboxylic acids is 1. The highest BCUT2D eigenvalue weighted by molar-refractivity contribution is 7.99. The number of thioether (sulfide) groups is 1. The van der Waals surface area contributed by atoms with Crippen molar-refractivity contribution in [1.29, 1.82) is 0 Å². The second-order valence-corrected chi connectivity index (χ2v) is 5.05. The average Bonchev–Trinajstić information content (AvgIpc) is 2.64. The van der Waals surface area contributed by atoms with Crippen LogP contribution in [0.2, 0.25) is 0 Å². The molecule has 0 spiro atoms. The molecule has 0 aliphatic rings. The summed E-state index contributed by atoms with van der Waals surface area (Å²) in [4.78, 5) is 11.7. The minimum absolute atomic E-state index is 0.240. The summed E-state index contributed by atoms with van der Waals surface area (Å²) in [5.41, 5.74) is 0.828. The zero-order valence-electron chi connectivity index (χ0n) is 9.69. The first-order valence-corrected chi connectivity index (χ1v) is 6.51. The minimum atomic E-state index is 0.240. The van der Waals surface area contributed by atoms with Gasteiger partial charge in [-0.05, 0) is 17.7 Å². The molecule has 1 unspecified atom stereocenters. The highest BCUT2D eigenvalue weighted by Gasteiger charge is 2.07. The smallest absolute Gasteiger partial charge is 0.174 e. The Bertz CT molecular complexity index is 319. The molecule has 0 fully saturated rings. The van der Waals surface area contributed by atoms with E-state index in [9.17, 15) is 4.79 Å². The summed E-state index contributed by atoms with van der Waals surface area (Å²) in [6, 6.07) is 1.88. The lowest BCUT2D eigenvalue weighted by molar-refractivity contribution is 0.102. The van der Waals surface area contributed by atoms with Gasteiger partial charge < -0.3 is 4.57 Å². The number of aromatic nitrogens is 1. The maximum Gasteiger partial charge on any atom is 0.174 e.